The molecule has 1 atom stereocenters. The van der Waals surface area contributed by atoms with Crippen molar-refractivity contribution < 1.29 is 28.5 Å². The SMILES string of the molecule is COc1cccc(/C=C(\C#N)C(=O)O[C@@H](C)C(=O)NCc2ccc3c(c2)OCO3)c1. The van der Waals surface area contributed by atoms with Crippen molar-refractivity contribution in [2.75, 3.05) is 13.9 Å². The van der Waals surface area contributed by atoms with E-state index in [9.17, 15) is 14.9 Å². The molecule has 0 saturated carbocycles. The Labute approximate surface area is 173 Å². The minimum Gasteiger partial charge on any atom is -0.497 e. The van der Waals surface area contributed by atoms with Gasteiger partial charge < -0.3 is 24.3 Å². The molecule has 30 heavy (non-hydrogen) atoms. The smallest absolute Gasteiger partial charge is 0.349 e. The van der Waals surface area contributed by atoms with E-state index in [0.717, 1.165) is 5.56 Å². The molecule has 8 nitrogen and oxygen atoms in total. The average molecular weight is 408 g/mol. The van der Waals surface area contributed by atoms with Gasteiger partial charge in [-0.25, -0.2) is 4.79 Å². The van der Waals surface area contributed by atoms with Crippen LogP contribution in [0.1, 0.15) is 18.1 Å². The predicted molar refractivity (Wildman–Crippen MR) is 107 cm³/mol. The highest BCUT2D eigenvalue weighted by atomic mass is 16.7. The lowest BCUT2D eigenvalue weighted by Gasteiger charge is -2.13. The summed E-state index contributed by atoms with van der Waals surface area (Å²) in [7, 11) is 1.52. The first-order chi connectivity index (χ1) is 14.5. The quantitative estimate of drug-likeness (QED) is 0.426. The third-order valence-corrected chi connectivity index (χ3v) is 4.30. The summed E-state index contributed by atoms with van der Waals surface area (Å²) in [6, 6.07) is 14.0. The predicted octanol–water partition coefficient (Wildman–Crippen LogP) is 2.58. The molecule has 3 rings (SSSR count). The third-order valence-electron chi connectivity index (χ3n) is 4.30. The second kappa shape index (κ2) is 9.47. The molecule has 8 heteroatoms. The molecular weight excluding hydrogens is 388 g/mol. The lowest BCUT2D eigenvalue weighted by molar-refractivity contribution is -0.150. The number of benzene rings is 2. The van der Waals surface area contributed by atoms with Gasteiger partial charge in [-0.05, 0) is 48.4 Å². The summed E-state index contributed by atoms with van der Waals surface area (Å²) in [5, 5.41) is 12.0. The van der Waals surface area contributed by atoms with Crippen molar-refractivity contribution in [3.8, 4) is 23.3 Å². The summed E-state index contributed by atoms with van der Waals surface area (Å²) in [5.41, 5.74) is 1.18. The summed E-state index contributed by atoms with van der Waals surface area (Å²) in [6.45, 7) is 1.83. The van der Waals surface area contributed by atoms with Crippen LogP contribution in [0.3, 0.4) is 0 Å². The van der Waals surface area contributed by atoms with Gasteiger partial charge in [0.1, 0.15) is 17.4 Å². The molecular formula is C22H20N2O6. The van der Waals surface area contributed by atoms with Crippen molar-refractivity contribution in [2.24, 2.45) is 0 Å². The molecule has 0 bridgehead atoms. The maximum atomic E-state index is 12.3. The van der Waals surface area contributed by atoms with Crippen molar-refractivity contribution in [2.45, 2.75) is 19.6 Å². The van der Waals surface area contributed by atoms with Gasteiger partial charge in [0.15, 0.2) is 17.6 Å². The number of carbonyl (C=O) groups excluding carboxylic acids is 2. The fourth-order valence-electron chi connectivity index (χ4n) is 2.70. The van der Waals surface area contributed by atoms with Crippen molar-refractivity contribution >= 4 is 18.0 Å². The van der Waals surface area contributed by atoms with Crippen LogP contribution in [-0.2, 0) is 20.9 Å². The van der Waals surface area contributed by atoms with E-state index in [0.29, 0.717) is 22.8 Å². The minimum absolute atomic E-state index is 0.169. The molecule has 0 spiro atoms. The average Bonchev–Trinajstić information content (AvgIpc) is 3.23. The van der Waals surface area contributed by atoms with Crippen LogP contribution in [0.5, 0.6) is 17.2 Å². The molecule has 2 aromatic carbocycles. The normalized spacial score (nSPS) is 13.2. The molecule has 1 heterocycles. The van der Waals surface area contributed by atoms with Crippen molar-refractivity contribution in [3.05, 3.63) is 59.2 Å². The Bertz CT molecular complexity index is 1020. The lowest BCUT2D eigenvalue weighted by atomic mass is 10.1. The topological polar surface area (TPSA) is 107 Å². The van der Waals surface area contributed by atoms with Gasteiger partial charge in [-0.3, -0.25) is 4.79 Å². The Morgan fingerprint density at radius 3 is 2.80 bits per heavy atom. The first-order valence-electron chi connectivity index (χ1n) is 9.13. The monoisotopic (exact) mass is 408 g/mol. The Morgan fingerprint density at radius 1 is 1.23 bits per heavy atom. The van der Waals surface area contributed by atoms with Crippen LogP contribution < -0.4 is 19.5 Å². The van der Waals surface area contributed by atoms with Gasteiger partial charge in [0.25, 0.3) is 5.91 Å². The highest BCUT2D eigenvalue weighted by Gasteiger charge is 2.21. The van der Waals surface area contributed by atoms with Crippen LogP contribution in [0.25, 0.3) is 6.08 Å². The fourth-order valence-corrected chi connectivity index (χ4v) is 2.70. The number of nitriles is 1. The Morgan fingerprint density at radius 2 is 2.03 bits per heavy atom. The highest BCUT2D eigenvalue weighted by Crippen LogP contribution is 2.32. The largest absolute Gasteiger partial charge is 0.497 e. The molecule has 0 radical (unpaired) electrons. The standard InChI is InChI=1S/C22H20N2O6/c1-14(21(25)24-12-16-6-7-19-20(10-16)29-13-28-19)30-22(26)17(11-23)8-15-4-3-5-18(9-15)27-2/h3-10,14H,12-13H2,1-2H3,(H,24,25)/b17-8+/t14-/m0/s1. The molecule has 0 saturated heterocycles. The van der Waals surface area contributed by atoms with Gasteiger partial charge in [-0.2, -0.15) is 5.26 Å². The van der Waals surface area contributed by atoms with Crippen molar-refractivity contribution in [1.29, 1.82) is 5.26 Å². The maximum absolute atomic E-state index is 12.3. The Balaban J connectivity index is 1.57. The molecule has 1 N–H and O–H groups in total. The van der Waals surface area contributed by atoms with Crippen LogP contribution in [0.2, 0.25) is 0 Å². The van der Waals surface area contributed by atoms with E-state index in [1.807, 2.05) is 0 Å². The molecule has 1 aliphatic heterocycles. The van der Waals surface area contributed by atoms with Crippen LogP contribution in [-0.4, -0.2) is 31.9 Å². The maximum Gasteiger partial charge on any atom is 0.349 e. The molecule has 0 unspecified atom stereocenters. The number of rotatable bonds is 7. The van der Waals surface area contributed by atoms with Crippen molar-refractivity contribution in [1.82, 2.24) is 5.32 Å². The van der Waals surface area contributed by atoms with E-state index in [2.05, 4.69) is 5.32 Å². The highest BCUT2D eigenvalue weighted by molar-refractivity contribution is 5.99. The molecule has 2 aromatic rings. The third kappa shape index (κ3) is 5.08. The van der Waals surface area contributed by atoms with E-state index in [-0.39, 0.29) is 18.9 Å². The van der Waals surface area contributed by atoms with E-state index >= 15 is 0 Å². The fraction of sp³-hybridized carbons (Fsp3) is 0.227. The molecule has 0 aliphatic carbocycles. The number of ether oxygens (including phenoxy) is 4. The molecule has 0 aromatic heterocycles. The summed E-state index contributed by atoms with van der Waals surface area (Å²) in [5.74, 6) is 0.484. The van der Waals surface area contributed by atoms with Gasteiger partial charge in [-0.15, -0.1) is 0 Å². The summed E-state index contributed by atoms with van der Waals surface area (Å²) in [6.07, 6.45) is 0.302. The van der Waals surface area contributed by atoms with E-state index < -0.39 is 18.0 Å². The number of methoxy groups -OCH3 is 1. The number of esters is 1. The first kappa shape index (κ1) is 20.7. The Kier molecular flexibility index (Phi) is 6.55. The summed E-state index contributed by atoms with van der Waals surface area (Å²) >= 11 is 0. The van der Waals surface area contributed by atoms with Crippen LogP contribution in [0.15, 0.2) is 48.0 Å². The number of amides is 1. The minimum atomic E-state index is -1.08. The zero-order valence-corrected chi connectivity index (χ0v) is 16.5. The van der Waals surface area contributed by atoms with Gasteiger partial charge >= 0.3 is 5.97 Å². The number of nitrogens with one attached hydrogen (secondary N) is 1. The molecule has 0 fully saturated rings. The summed E-state index contributed by atoms with van der Waals surface area (Å²) in [4.78, 5) is 24.6. The van der Waals surface area contributed by atoms with Crippen molar-refractivity contribution in [3.63, 3.8) is 0 Å². The zero-order chi connectivity index (χ0) is 21.5. The van der Waals surface area contributed by atoms with Crippen LogP contribution >= 0.6 is 0 Å². The van der Waals surface area contributed by atoms with Crippen LogP contribution in [0.4, 0.5) is 0 Å². The Hall–Kier alpha value is -3.99. The van der Waals surface area contributed by atoms with E-state index in [1.165, 1.54) is 20.1 Å². The van der Waals surface area contributed by atoms with Gasteiger partial charge in [-0.1, -0.05) is 18.2 Å². The van der Waals surface area contributed by atoms with Gasteiger partial charge in [0, 0.05) is 6.54 Å². The number of carbonyl (C=O) groups is 2. The second-order valence-corrected chi connectivity index (χ2v) is 6.40. The van der Waals surface area contributed by atoms with E-state index in [1.54, 1.807) is 48.5 Å². The number of nitrogens with zero attached hydrogens (tertiary/aromatic N) is 1. The first-order valence-corrected chi connectivity index (χ1v) is 9.13. The number of hydrogen-bond donors (Lipinski definition) is 1. The molecule has 1 aliphatic rings. The molecule has 1 amide bonds. The lowest BCUT2D eigenvalue weighted by Crippen LogP contribution is -2.35. The summed E-state index contributed by atoms with van der Waals surface area (Å²) < 4.78 is 20.8. The van der Waals surface area contributed by atoms with Gasteiger partial charge in [0.2, 0.25) is 6.79 Å². The number of hydrogen-bond acceptors (Lipinski definition) is 7. The van der Waals surface area contributed by atoms with Crippen LogP contribution in [0, 0.1) is 11.3 Å². The van der Waals surface area contributed by atoms with E-state index in [4.69, 9.17) is 18.9 Å². The van der Waals surface area contributed by atoms with Gasteiger partial charge in [0.05, 0.1) is 7.11 Å². The zero-order valence-electron chi connectivity index (χ0n) is 16.5. The number of fused-ring (bicyclic) bond motifs is 1. The molecule has 154 valence electrons. The second-order valence-electron chi connectivity index (χ2n) is 6.40.